The molecule has 0 unspecified atom stereocenters. The van der Waals surface area contributed by atoms with Gasteiger partial charge in [-0.25, -0.2) is 4.98 Å². The van der Waals surface area contributed by atoms with Crippen LogP contribution in [0.5, 0.6) is 0 Å². The van der Waals surface area contributed by atoms with Crippen LogP contribution in [0.1, 0.15) is 22.4 Å². The minimum Gasteiger partial charge on any atom is -0.333 e. The van der Waals surface area contributed by atoms with Gasteiger partial charge in [-0.15, -0.1) is 11.8 Å². The molecule has 4 aromatic rings. The number of nitrogens with one attached hydrogen (secondary N) is 1. The molecule has 0 spiro atoms. The van der Waals surface area contributed by atoms with Crippen molar-refractivity contribution in [1.29, 1.82) is 0 Å². The summed E-state index contributed by atoms with van der Waals surface area (Å²) in [4.78, 5) is 13.0. The highest BCUT2D eigenvalue weighted by Crippen LogP contribution is 2.33. The Morgan fingerprint density at radius 1 is 0.967 bits per heavy atom. The van der Waals surface area contributed by atoms with Gasteiger partial charge in [-0.05, 0) is 42.3 Å². The lowest BCUT2D eigenvalue weighted by molar-refractivity contribution is -0.137. The number of aromatic nitrogens is 3. The highest BCUT2D eigenvalue weighted by molar-refractivity contribution is 7.98. The molecule has 2 aromatic heterocycles. The predicted octanol–water partition coefficient (Wildman–Crippen LogP) is 6.87. The Bertz CT molecular complexity index is 1160. The number of benzene rings is 2. The lowest BCUT2D eigenvalue weighted by Gasteiger charge is -2.09. The predicted molar refractivity (Wildman–Crippen MR) is 116 cm³/mol. The van der Waals surface area contributed by atoms with E-state index in [0.717, 1.165) is 29.1 Å². The fourth-order valence-corrected chi connectivity index (χ4v) is 4.88. The van der Waals surface area contributed by atoms with Gasteiger partial charge in [0.15, 0.2) is 5.16 Å². The summed E-state index contributed by atoms with van der Waals surface area (Å²) in [5.74, 6) is 1.46. The summed E-state index contributed by atoms with van der Waals surface area (Å²) in [6.07, 6.45) is -2.57. The second-order valence-corrected chi connectivity index (χ2v) is 8.70. The first-order valence-corrected chi connectivity index (χ1v) is 11.2. The van der Waals surface area contributed by atoms with E-state index in [-0.39, 0.29) is 0 Å². The molecule has 0 aliphatic heterocycles. The molecule has 0 saturated heterocycles. The molecule has 2 aromatic carbocycles. The zero-order chi connectivity index (χ0) is 21.1. The topological polar surface area (TPSA) is 41.6 Å². The Morgan fingerprint density at radius 2 is 1.77 bits per heavy atom. The Kier molecular flexibility index (Phi) is 6.06. The molecule has 3 nitrogen and oxygen atoms in total. The zero-order valence-electron chi connectivity index (χ0n) is 16.0. The normalized spacial score (nSPS) is 11.9. The summed E-state index contributed by atoms with van der Waals surface area (Å²) in [5, 5.41) is 0.577. The van der Waals surface area contributed by atoms with Gasteiger partial charge >= 0.3 is 6.18 Å². The highest BCUT2D eigenvalue weighted by Gasteiger charge is 2.30. The SMILES string of the molecule is Cc1c(SCc2ccccc2)ccnc1CSc1nc2ccc(C(F)(F)F)cc2[nH]1. The lowest BCUT2D eigenvalue weighted by atomic mass is 10.2. The number of aromatic amines is 1. The number of rotatable bonds is 6. The molecule has 0 aliphatic rings. The number of pyridine rings is 1. The van der Waals surface area contributed by atoms with Gasteiger partial charge in [0.2, 0.25) is 0 Å². The van der Waals surface area contributed by atoms with E-state index in [1.165, 1.54) is 28.3 Å². The molecule has 154 valence electrons. The third-order valence-electron chi connectivity index (χ3n) is 4.63. The molecule has 0 radical (unpaired) electrons. The van der Waals surface area contributed by atoms with Crippen LogP contribution in [0, 0.1) is 6.92 Å². The van der Waals surface area contributed by atoms with Crippen LogP contribution in [0.4, 0.5) is 13.2 Å². The average Bonchev–Trinajstić information content (AvgIpc) is 3.14. The first-order valence-electron chi connectivity index (χ1n) is 9.21. The highest BCUT2D eigenvalue weighted by atomic mass is 32.2. The molecule has 2 heterocycles. The van der Waals surface area contributed by atoms with Gasteiger partial charge in [-0.3, -0.25) is 4.98 Å². The number of hydrogen-bond acceptors (Lipinski definition) is 4. The molecule has 0 bridgehead atoms. The van der Waals surface area contributed by atoms with E-state index in [1.807, 2.05) is 31.2 Å². The number of halogens is 3. The quantitative estimate of drug-likeness (QED) is 0.329. The molecular formula is C22H18F3N3S2. The first-order chi connectivity index (χ1) is 14.4. The maximum Gasteiger partial charge on any atom is 0.416 e. The van der Waals surface area contributed by atoms with E-state index >= 15 is 0 Å². The van der Waals surface area contributed by atoms with Crippen LogP contribution < -0.4 is 0 Å². The van der Waals surface area contributed by atoms with Crippen LogP contribution in [0.15, 0.2) is 70.8 Å². The number of imidazole rings is 1. The average molecular weight is 446 g/mol. The third-order valence-corrected chi connectivity index (χ3v) is 6.74. The van der Waals surface area contributed by atoms with E-state index in [9.17, 15) is 13.2 Å². The standard InChI is InChI=1S/C22H18F3N3S2/c1-14-19(26-10-9-20(14)29-12-15-5-3-2-4-6-15)13-30-21-27-17-8-7-16(22(23,24)25)11-18(17)28-21/h2-11H,12-13H2,1H3,(H,27,28). The van der Waals surface area contributed by atoms with E-state index in [4.69, 9.17) is 0 Å². The monoisotopic (exact) mass is 445 g/mol. The van der Waals surface area contributed by atoms with Gasteiger partial charge in [-0.1, -0.05) is 42.1 Å². The van der Waals surface area contributed by atoms with Gasteiger partial charge in [0.1, 0.15) is 0 Å². The number of thioether (sulfide) groups is 2. The number of fused-ring (bicyclic) bond motifs is 1. The Morgan fingerprint density at radius 3 is 2.53 bits per heavy atom. The van der Waals surface area contributed by atoms with E-state index < -0.39 is 11.7 Å². The summed E-state index contributed by atoms with van der Waals surface area (Å²) in [5.41, 5.74) is 3.52. The van der Waals surface area contributed by atoms with Crippen molar-refractivity contribution in [2.45, 2.75) is 34.7 Å². The van der Waals surface area contributed by atoms with Crippen molar-refractivity contribution in [3.05, 3.63) is 83.2 Å². The summed E-state index contributed by atoms with van der Waals surface area (Å²) < 4.78 is 38.7. The minimum absolute atomic E-state index is 0.379. The Labute approximate surface area is 180 Å². The summed E-state index contributed by atoms with van der Waals surface area (Å²) in [6, 6.07) is 15.8. The van der Waals surface area contributed by atoms with Gasteiger partial charge in [-0.2, -0.15) is 13.2 Å². The number of nitrogens with zero attached hydrogens (tertiary/aromatic N) is 2. The Hall–Kier alpha value is -2.45. The van der Waals surface area contributed by atoms with Gasteiger partial charge in [0, 0.05) is 22.6 Å². The van der Waals surface area contributed by atoms with E-state index in [0.29, 0.717) is 21.9 Å². The van der Waals surface area contributed by atoms with Crippen LogP contribution in [0.3, 0.4) is 0 Å². The van der Waals surface area contributed by atoms with Crippen molar-refractivity contribution in [1.82, 2.24) is 15.0 Å². The van der Waals surface area contributed by atoms with Crippen molar-refractivity contribution in [2.24, 2.45) is 0 Å². The van der Waals surface area contributed by atoms with Crippen molar-refractivity contribution in [2.75, 3.05) is 0 Å². The smallest absolute Gasteiger partial charge is 0.333 e. The number of alkyl halides is 3. The molecule has 30 heavy (non-hydrogen) atoms. The molecule has 8 heteroatoms. The fourth-order valence-electron chi connectivity index (χ4n) is 2.96. The van der Waals surface area contributed by atoms with Crippen LogP contribution in [-0.2, 0) is 17.7 Å². The second-order valence-electron chi connectivity index (χ2n) is 6.72. The van der Waals surface area contributed by atoms with Crippen molar-refractivity contribution >= 4 is 34.6 Å². The minimum atomic E-state index is -4.37. The maximum atomic E-state index is 12.9. The molecule has 0 fully saturated rings. The fraction of sp³-hybridized carbons (Fsp3) is 0.182. The van der Waals surface area contributed by atoms with Gasteiger partial charge in [0.25, 0.3) is 0 Å². The maximum absolute atomic E-state index is 12.9. The van der Waals surface area contributed by atoms with Crippen LogP contribution in [-0.4, -0.2) is 15.0 Å². The lowest BCUT2D eigenvalue weighted by Crippen LogP contribution is -2.04. The molecule has 0 saturated carbocycles. The van der Waals surface area contributed by atoms with Crippen LogP contribution >= 0.6 is 23.5 Å². The Balaban J connectivity index is 1.46. The number of hydrogen-bond donors (Lipinski definition) is 1. The molecule has 0 atom stereocenters. The third kappa shape index (κ3) is 4.82. The van der Waals surface area contributed by atoms with Crippen molar-refractivity contribution < 1.29 is 13.2 Å². The molecule has 4 rings (SSSR count). The molecule has 0 amide bonds. The molecule has 1 N–H and O–H groups in total. The number of H-pyrrole nitrogens is 1. The van der Waals surface area contributed by atoms with Crippen LogP contribution in [0.25, 0.3) is 11.0 Å². The van der Waals surface area contributed by atoms with Crippen molar-refractivity contribution in [3.63, 3.8) is 0 Å². The van der Waals surface area contributed by atoms with Crippen molar-refractivity contribution in [3.8, 4) is 0 Å². The largest absolute Gasteiger partial charge is 0.416 e. The van der Waals surface area contributed by atoms with Gasteiger partial charge < -0.3 is 4.98 Å². The molecule has 0 aliphatic carbocycles. The zero-order valence-corrected chi connectivity index (χ0v) is 17.7. The molecular weight excluding hydrogens is 427 g/mol. The summed E-state index contributed by atoms with van der Waals surface area (Å²) in [6.45, 7) is 2.05. The van der Waals surface area contributed by atoms with E-state index in [1.54, 1.807) is 18.0 Å². The summed E-state index contributed by atoms with van der Waals surface area (Å²) >= 11 is 3.19. The van der Waals surface area contributed by atoms with Crippen LogP contribution in [0.2, 0.25) is 0 Å². The first kappa shape index (κ1) is 20.8. The van der Waals surface area contributed by atoms with E-state index in [2.05, 4.69) is 27.1 Å². The van der Waals surface area contributed by atoms with Gasteiger partial charge in [0.05, 0.1) is 22.3 Å². The second kappa shape index (κ2) is 8.73. The summed E-state index contributed by atoms with van der Waals surface area (Å²) in [7, 11) is 0.